The van der Waals surface area contributed by atoms with Gasteiger partial charge in [-0.15, -0.1) is 0 Å². The minimum Gasteiger partial charge on any atom is -0.311 e. The number of hydrogen-bond donors (Lipinski definition) is 3. The van der Waals surface area contributed by atoms with Crippen LogP contribution in [0.1, 0.15) is 0 Å². The predicted octanol–water partition coefficient (Wildman–Crippen LogP) is -1.11. The Balaban J connectivity index is 3.07. The van der Waals surface area contributed by atoms with E-state index in [1.807, 2.05) is 0 Å². The second-order valence-corrected chi connectivity index (χ2v) is 3.42. The van der Waals surface area contributed by atoms with Crippen molar-refractivity contribution in [1.29, 1.82) is 0 Å². The van der Waals surface area contributed by atoms with Gasteiger partial charge in [0.2, 0.25) is 12.2 Å². The van der Waals surface area contributed by atoms with Crippen LogP contribution in [-0.2, 0) is 0 Å². The minimum absolute atomic E-state index is 0.0140. The molecule has 0 spiro atoms. The summed E-state index contributed by atoms with van der Waals surface area (Å²) >= 11 is 0. The maximum atomic E-state index is 9.38. The van der Waals surface area contributed by atoms with Crippen LogP contribution >= 0.6 is 0 Å². The Morgan fingerprint density at radius 1 is 1.12 bits per heavy atom. The summed E-state index contributed by atoms with van der Waals surface area (Å²) < 4.78 is 0. The van der Waals surface area contributed by atoms with Gasteiger partial charge >= 0.3 is 0 Å². The molecule has 0 aromatic rings. The summed E-state index contributed by atoms with van der Waals surface area (Å²) in [6.07, 6.45) is -0.772. The molecule has 0 radical (unpaired) electrons. The molecule has 9 nitrogen and oxygen atoms in total. The summed E-state index contributed by atoms with van der Waals surface area (Å²) in [6, 6.07) is 0. The van der Waals surface area contributed by atoms with Crippen LogP contribution in [0.5, 0.6) is 0 Å². The van der Waals surface area contributed by atoms with Crippen LogP contribution in [0.3, 0.4) is 0 Å². The normalized spacial score (nSPS) is 20.8. The van der Waals surface area contributed by atoms with Gasteiger partial charge in [-0.2, -0.15) is 10.1 Å². The van der Waals surface area contributed by atoms with Gasteiger partial charge in [0, 0.05) is 28.2 Å². The van der Waals surface area contributed by atoms with Crippen LogP contribution in [0, 0.1) is 0 Å². The maximum absolute atomic E-state index is 9.38. The highest BCUT2D eigenvalue weighted by Gasteiger charge is 2.29. The lowest BCUT2D eigenvalue weighted by Crippen LogP contribution is -2.53. The first-order valence-electron chi connectivity index (χ1n) is 4.51. The molecule has 0 bridgehead atoms. The van der Waals surface area contributed by atoms with Crippen LogP contribution in [0.25, 0.3) is 0 Å². The lowest BCUT2D eigenvalue weighted by molar-refractivity contribution is -0.138. The number of aliphatic imine (C=N–C) groups is 2. The first-order valence-corrected chi connectivity index (χ1v) is 4.51. The Hall–Kier alpha value is -1.42. The van der Waals surface area contributed by atoms with Gasteiger partial charge < -0.3 is 10.1 Å². The first kappa shape index (κ1) is 12.6. The maximum Gasteiger partial charge on any atom is 0.251 e. The van der Waals surface area contributed by atoms with Crippen molar-refractivity contribution in [3.63, 3.8) is 0 Å². The molecule has 9 heteroatoms. The Bertz CT molecular complexity index is 313. The Kier molecular flexibility index (Phi) is 3.65. The van der Waals surface area contributed by atoms with E-state index < -0.39 is 6.29 Å². The van der Waals surface area contributed by atoms with Gasteiger partial charge in [-0.25, -0.2) is 15.1 Å². The predicted molar refractivity (Wildman–Crippen MR) is 55.1 cm³/mol. The third kappa shape index (κ3) is 2.39. The van der Waals surface area contributed by atoms with E-state index in [0.29, 0.717) is 5.06 Å². The van der Waals surface area contributed by atoms with E-state index in [1.165, 1.54) is 26.0 Å². The van der Waals surface area contributed by atoms with Gasteiger partial charge in [-0.05, 0) is 0 Å². The zero-order valence-corrected chi connectivity index (χ0v) is 9.60. The SMILES string of the molecule is CN(O)C1=NC(N(C)O)N(C)C(N(C)O)=N1. The topological polar surface area (TPSA) is 98.4 Å². The lowest BCUT2D eigenvalue weighted by atomic mass is 10.6. The molecule has 1 aliphatic heterocycles. The summed E-state index contributed by atoms with van der Waals surface area (Å²) in [6.45, 7) is 0. The average molecular weight is 232 g/mol. The largest absolute Gasteiger partial charge is 0.311 e. The van der Waals surface area contributed by atoms with Gasteiger partial charge in [-0.1, -0.05) is 0 Å². The number of hydrogen-bond acceptors (Lipinski definition) is 9. The van der Waals surface area contributed by atoms with E-state index in [9.17, 15) is 15.6 Å². The zero-order chi connectivity index (χ0) is 12.5. The monoisotopic (exact) mass is 232 g/mol. The Labute approximate surface area is 93.0 Å². The average Bonchev–Trinajstić information content (AvgIpc) is 2.16. The van der Waals surface area contributed by atoms with Gasteiger partial charge in [0.05, 0.1) is 0 Å². The molecule has 0 fully saturated rings. The fourth-order valence-corrected chi connectivity index (χ4v) is 1.28. The quantitative estimate of drug-likeness (QED) is 0.493. The van der Waals surface area contributed by atoms with Gasteiger partial charge in [0.15, 0.2) is 0 Å². The van der Waals surface area contributed by atoms with E-state index in [1.54, 1.807) is 7.05 Å². The summed E-state index contributed by atoms with van der Waals surface area (Å²) in [5, 5.41) is 30.3. The molecule has 1 unspecified atom stereocenters. The van der Waals surface area contributed by atoms with Crippen molar-refractivity contribution in [2.45, 2.75) is 6.29 Å². The van der Waals surface area contributed by atoms with Crippen LogP contribution in [0.4, 0.5) is 0 Å². The van der Waals surface area contributed by atoms with Gasteiger partial charge in [-0.3, -0.25) is 10.4 Å². The number of rotatable bonds is 1. The molecule has 0 aromatic carbocycles. The van der Waals surface area contributed by atoms with Gasteiger partial charge in [0.1, 0.15) is 0 Å². The number of nitrogens with zero attached hydrogens (tertiary/aromatic N) is 6. The van der Waals surface area contributed by atoms with E-state index in [4.69, 9.17) is 0 Å². The molecule has 0 aromatic heterocycles. The smallest absolute Gasteiger partial charge is 0.251 e. The van der Waals surface area contributed by atoms with Crippen molar-refractivity contribution < 1.29 is 15.6 Å². The molecule has 16 heavy (non-hydrogen) atoms. The molecule has 92 valence electrons. The fraction of sp³-hybridized carbons (Fsp3) is 0.714. The van der Waals surface area contributed by atoms with Crippen molar-refractivity contribution in [3.05, 3.63) is 0 Å². The molecule has 0 saturated heterocycles. The Morgan fingerprint density at radius 3 is 2.06 bits per heavy atom. The van der Waals surface area contributed by atoms with E-state index in [0.717, 1.165) is 10.1 Å². The summed E-state index contributed by atoms with van der Waals surface area (Å²) in [4.78, 5) is 9.30. The molecule has 3 N–H and O–H groups in total. The molecule has 0 saturated carbocycles. The van der Waals surface area contributed by atoms with Crippen molar-refractivity contribution in [3.8, 4) is 0 Å². The minimum atomic E-state index is -0.772. The molecule has 1 aliphatic rings. The van der Waals surface area contributed by atoms with Crippen molar-refractivity contribution >= 4 is 11.9 Å². The fourth-order valence-electron chi connectivity index (χ4n) is 1.28. The molecule has 1 atom stereocenters. The van der Waals surface area contributed by atoms with Crippen LogP contribution < -0.4 is 0 Å². The molecule has 0 aliphatic carbocycles. The lowest BCUT2D eigenvalue weighted by Gasteiger charge is -2.35. The molecule has 1 heterocycles. The molecule has 1 rings (SSSR count). The summed E-state index contributed by atoms with van der Waals surface area (Å²) in [7, 11) is 5.72. The first-order chi connectivity index (χ1) is 7.34. The third-order valence-electron chi connectivity index (χ3n) is 2.01. The highest BCUT2D eigenvalue weighted by Crippen LogP contribution is 2.11. The molecule has 0 amide bonds. The van der Waals surface area contributed by atoms with E-state index in [2.05, 4.69) is 9.98 Å². The molecular formula is C7H16N6O3. The zero-order valence-electron chi connectivity index (χ0n) is 9.60. The summed E-state index contributed by atoms with van der Waals surface area (Å²) in [5.74, 6) is 0.136. The molecular weight excluding hydrogens is 216 g/mol. The van der Waals surface area contributed by atoms with Crippen molar-refractivity contribution in [1.82, 2.24) is 20.1 Å². The van der Waals surface area contributed by atoms with Crippen LogP contribution in [0.2, 0.25) is 0 Å². The second-order valence-electron chi connectivity index (χ2n) is 3.42. The Morgan fingerprint density at radius 2 is 1.69 bits per heavy atom. The number of hydroxylamine groups is 6. The summed E-state index contributed by atoms with van der Waals surface area (Å²) in [5.41, 5.74) is 0. The van der Waals surface area contributed by atoms with E-state index >= 15 is 0 Å². The standard InChI is InChI=1S/C7H16N6O3/c1-10-6(12(3)15)8-5(11(2)14)9-7(10)13(4)16/h6,14-16H,1-4H3. The highest BCUT2D eigenvalue weighted by molar-refractivity contribution is 5.95. The van der Waals surface area contributed by atoms with Crippen molar-refractivity contribution in [2.75, 3.05) is 28.2 Å². The van der Waals surface area contributed by atoms with Gasteiger partial charge in [0.25, 0.3) is 5.96 Å². The second kappa shape index (κ2) is 4.61. The van der Waals surface area contributed by atoms with Crippen molar-refractivity contribution in [2.24, 2.45) is 9.98 Å². The van der Waals surface area contributed by atoms with Crippen LogP contribution in [-0.4, -0.2) is 82.1 Å². The van der Waals surface area contributed by atoms with E-state index in [-0.39, 0.29) is 11.9 Å². The number of guanidine groups is 2. The highest BCUT2D eigenvalue weighted by atomic mass is 16.5. The third-order valence-corrected chi connectivity index (χ3v) is 2.01. The van der Waals surface area contributed by atoms with Crippen LogP contribution in [0.15, 0.2) is 9.98 Å².